The molecule has 0 amide bonds. The SMILES string of the molecule is Fc1cc(CN2CCCN3CCC[C@H]3C2)c2ncccc2c1. The molecular weight excluding hydrogens is 277 g/mol. The van der Waals surface area contributed by atoms with Crippen LogP contribution in [0.5, 0.6) is 0 Å². The van der Waals surface area contributed by atoms with Crippen molar-refractivity contribution in [1.29, 1.82) is 0 Å². The van der Waals surface area contributed by atoms with Gasteiger partial charge in [0.05, 0.1) is 5.52 Å². The molecular formula is C18H22FN3. The Labute approximate surface area is 130 Å². The average Bonchev–Trinajstić information content (AvgIpc) is 2.86. The summed E-state index contributed by atoms with van der Waals surface area (Å²) in [4.78, 5) is 9.59. The van der Waals surface area contributed by atoms with Gasteiger partial charge in [0.15, 0.2) is 0 Å². The predicted molar refractivity (Wildman–Crippen MR) is 86.2 cm³/mol. The highest BCUT2D eigenvalue weighted by Crippen LogP contribution is 2.24. The second-order valence-corrected chi connectivity index (χ2v) is 6.56. The van der Waals surface area contributed by atoms with Crippen molar-refractivity contribution >= 4 is 10.9 Å². The maximum Gasteiger partial charge on any atom is 0.124 e. The summed E-state index contributed by atoms with van der Waals surface area (Å²) in [5, 5.41) is 0.898. The zero-order valence-corrected chi connectivity index (χ0v) is 12.8. The Kier molecular flexibility index (Phi) is 3.80. The van der Waals surface area contributed by atoms with Crippen molar-refractivity contribution in [1.82, 2.24) is 14.8 Å². The highest BCUT2D eigenvalue weighted by atomic mass is 19.1. The third-order valence-electron chi connectivity index (χ3n) is 5.03. The van der Waals surface area contributed by atoms with E-state index in [4.69, 9.17) is 0 Å². The fraction of sp³-hybridized carbons (Fsp3) is 0.500. The molecule has 2 fully saturated rings. The zero-order chi connectivity index (χ0) is 14.9. The number of hydrogen-bond acceptors (Lipinski definition) is 3. The molecule has 0 unspecified atom stereocenters. The quantitative estimate of drug-likeness (QED) is 0.849. The second kappa shape index (κ2) is 5.94. The van der Waals surface area contributed by atoms with Gasteiger partial charge in [-0.2, -0.15) is 0 Å². The van der Waals surface area contributed by atoms with Crippen LogP contribution in [-0.4, -0.2) is 47.0 Å². The smallest absolute Gasteiger partial charge is 0.124 e. The Morgan fingerprint density at radius 2 is 2.09 bits per heavy atom. The predicted octanol–water partition coefficient (Wildman–Crippen LogP) is 3.04. The molecule has 3 heterocycles. The highest BCUT2D eigenvalue weighted by Gasteiger charge is 2.28. The fourth-order valence-electron chi connectivity index (χ4n) is 4.02. The number of benzene rings is 1. The fourth-order valence-corrected chi connectivity index (χ4v) is 4.02. The summed E-state index contributed by atoms with van der Waals surface area (Å²) < 4.78 is 13.9. The summed E-state index contributed by atoms with van der Waals surface area (Å²) in [5.41, 5.74) is 1.96. The van der Waals surface area contributed by atoms with Gasteiger partial charge in [0.2, 0.25) is 0 Å². The Bertz CT molecular complexity index is 672. The largest absolute Gasteiger partial charge is 0.299 e. The Hall–Kier alpha value is -1.52. The van der Waals surface area contributed by atoms with Gasteiger partial charge in [-0.3, -0.25) is 14.8 Å². The van der Waals surface area contributed by atoms with Crippen LogP contribution in [0.3, 0.4) is 0 Å². The van der Waals surface area contributed by atoms with Gasteiger partial charge in [0.25, 0.3) is 0 Å². The van der Waals surface area contributed by atoms with E-state index in [9.17, 15) is 4.39 Å². The van der Waals surface area contributed by atoms with Crippen LogP contribution >= 0.6 is 0 Å². The minimum atomic E-state index is -0.159. The van der Waals surface area contributed by atoms with Crippen molar-refractivity contribution in [3.8, 4) is 0 Å². The van der Waals surface area contributed by atoms with Gasteiger partial charge >= 0.3 is 0 Å². The topological polar surface area (TPSA) is 19.4 Å². The molecule has 0 bridgehead atoms. The van der Waals surface area contributed by atoms with Crippen LogP contribution in [0, 0.1) is 5.82 Å². The number of hydrogen-bond donors (Lipinski definition) is 0. The van der Waals surface area contributed by atoms with Crippen LogP contribution in [0.1, 0.15) is 24.8 Å². The first kappa shape index (κ1) is 14.1. The van der Waals surface area contributed by atoms with Gasteiger partial charge in [0.1, 0.15) is 5.82 Å². The third kappa shape index (κ3) is 2.73. The molecule has 0 N–H and O–H groups in total. The maximum absolute atomic E-state index is 13.9. The van der Waals surface area contributed by atoms with Crippen molar-refractivity contribution in [3.05, 3.63) is 41.8 Å². The lowest BCUT2D eigenvalue weighted by Gasteiger charge is -2.25. The van der Waals surface area contributed by atoms with Gasteiger partial charge in [0, 0.05) is 30.7 Å². The third-order valence-corrected chi connectivity index (χ3v) is 5.03. The Morgan fingerprint density at radius 1 is 1.18 bits per heavy atom. The van der Waals surface area contributed by atoms with Crippen molar-refractivity contribution < 1.29 is 4.39 Å². The van der Waals surface area contributed by atoms with Gasteiger partial charge in [-0.15, -0.1) is 0 Å². The lowest BCUT2D eigenvalue weighted by atomic mass is 10.1. The van der Waals surface area contributed by atoms with E-state index in [2.05, 4.69) is 14.8 Å². The molecule has 3 nitrogen and oxygen atoms in total. The number of aromatic nitrogens is 1. The minimum absolute atomic E-state index is 0.159. The molecule has 2 aliphatic rings. The van der Waals surface area contributed by atoms with Gasteiger partial charge in [-0.25, -0.2) is 4.39 Å². The maximum atomic E-state index is 13.9. The molecule has 4 rings (SSSR count). The van der Waals surface area contributed by atoms with E-state index in [0.717, 1.165) is 36.1 Å². The molecule has 2 aromatic rings. The highest BCUT2D eigenvalue weighted by molar-refractivity contribution is 5.81. The van der Waals surface area contributed by atoms with Crippen molar-refractivity contribution in [2.45, 2.75) is 31.8 Å². The summed E-state index contributed by atoms with van der Waals surface area (Å²) in [6, 6.07) is 7.74. The van der Waals surface area contributed by atoms with Gasteiger partial charge in [-0.05, 0) is 62.7 Å². The Balaban J connectivity index is 1.60. The summed E-state index contributed by atoms with van der Waals surface area (Å²) in [6.45, 7) is 5.46. The van der Waals surface area contributed by atoms with E-state index in [1.165, 1.54) is 32.4 Å². The number of pyridine rings is 1. The molecule has 116 valence electrons. The van der Waals surface area contributed by atoms with Crippen LogP contribution in [-0.2, 0) is 6.54 Å². The van der Waals surface area contributed by atoms with Crippen molar-refractivity contribution in [2.75, 3.05) is 26.2 Å². The molecule has 0 radical (unpaired) electrons. The van der Waals surface area contributed by atoms with Crippen LogP contribution in [0.25, 0.3) is 10.9 Å². The van der Waals surface area contributed by atoms with Crippen LogP contribution in [0.4, 0.5) is 4.39 Å². The summed E-state index contributed by atoms with van der Waals surface area (Å²) in [5.74, 6) is -0.159. The van der Waals surface area contributed by atoms with Crippen molar-refractivity contribution in [2.24, 2.45) is 0 Å². The van der Waals surface area contributed by atoms with E-state index in [0.29, 0.717) is 6.04 Å². The molecule has 2 saturated heterocycles. The minimum Gasteiger partial charge on any atom is -0.299 e. The van der Waals surface area contributed by atoms with E-state index in [-0.39, 0.29) is 5.82 Å². The number of nitrogens with zero attached hydrogens (tertiary/aromatic N) is 3. The summed E-state index contributed by atoms with van der Waals surface area (Å²) >= 11 is 0. The number of rotatable bonds is 2. The van der Waals surface area contributed by atoms with Gasteiger partial charge in [-0.1, -0.05) is 6.07 Å². The van der Waals surface area contributed by atoms with E-state index in [1.807, 2.05) is 12.1 Å². The first-order valence-corrected chi connectivity index (χ1v) is 8.29. The standard InChI is InChI=1S/C18H22FN3/c19-16-10-14-4-1-6-20-18(14)15(11-16)12-21-7-3-9-22-8-2-5-17(22)13-21/h1,4,6,10-11,17H,2-3,5,7-9,12-13H2/t17-/m0/s1. The first-order chi connectivity index (χ1) is 10.8. The molecule has 22 heavy (non-hydrogen) atoms. The molecule has 4 heteroatoms. The normalized spacial score (nSPS) is 23.6. The molecule has 0 saturated carbocycles. The summed E-state index contributed by atoms with van der Waals surface area (Å²) in [7, 11) is 0. The van der Waals surface area contributed by atoms with Gasteiger partial charge < -0.3 is 0 Å². The monoisotopic (exact) mass is 299 g/mol. The Morgan fingerprint density at radius 3 is 3.05 bits per heavy atom. The van der Waals surface area contributed by atoms with Crippen LogP contribution < -0.4 is 0 Å². The van der Waals surface area contributed by atoms with E-state index in [1.54, 1.807) is 18.3 Å². The van der Waals surface area contributed by atoms with E-state index < -0.39 is 0 Å². The number of halogens is 1. The van der Waals surface area contributed by atoms with E-state index >= 15 is 0 Å². The molecule has 1 atom stereocenters. The van der Waals surface area contributed by atoms with Crippen molar-refractivity contribution in [3.63, 3.8) is 0 Å². The molecule has 1 aromatic heterocycles. The lowest BCUT2D eigenvalue weighted by Crippen LogP contribution is -2.36. The lowest BCUT2D eigenvalue weighted by molar-refractivity contribution is 0.216. The molecule has 0 spiro atoms. The molecule has 1 aromatic carbocycles. The second-order valence-electron chi connectivity index (χ2n) is 6.56. The summed E-state index contributed by atoms with van der Waals surface area (Å²) in [6.07, 6.45) is 5.63. The van der Waals surface area contributed by atoms with Crippen LogP contribution in [0.2, 0.25) is 0 Å². The van der Waals surface area contributed by atoms with Crippen LogP contribution in [0.15, 0.2) is 30.5 Å². The zero-order valence-electron chi connectivity index (χ0n) is 12.8. The number of fused-ring (bicyclic) bond motifs is 2. The molecule has 0 aliphatic carbocycles. The average molecular weight is 299 g/mol. The molecule has 2 aliphatic heterocycles. The first-order valence-electron chi connectivity index (χ1n) is 8.29.